The van der Waals surface area contributed by atoms with Crippen LogP contribution in [0, 0.1) is 0 Å². The molecule has 0 radical (unpaired) electrons. The monoisotopic (exact) mass is 207 g/mol. The van der Waals surface area contributed by atoms with E-state index in [0.717, 1.165) is 17.3 Å². The van der Waals surface area contributed by atoms with Crippen LogP contribution in [0.4, 0.5) is 5.82 Å². The van der Waals surface area contributed by atoms with Gasteiger partial charge in [-0.05, 0) is 19.8 Å². The quantitative estimate of drug-likeness (QED) is 0.821. The van der Waals surface area contributed by atoms with Crippen molar-refractivity contribution in [2.45, 2.75) is 31.8 Å². The number of rotatable bonds is 4. The number of nitrogens with zero attached hydrogens (tertiary/aromatic N) is 2. The van der Waals surface area contributed by atoms with Crippen LogP contribution >= 0.6 is 0 Å². The lowest BCUT2D eigenvalue weighted by molar-refractivity contribution is 0.112. The molecule has 1 unspecified atom stereocenters. The van der Waals surface area contributed by atoms with Gasteiger partial charge in [-0.3, -0.25) is 0 Å². The van der Waals surface area contributed by atoms with Crippen LogP contribution in [0.3, 0.4) is 0 Å². The van der Waals surface area contributed by atoms with Gasteiger partial charge in [0.2, 0.25) is 0 Å². The van der Waals surface area contributed by atoms with Crippen LogP contribution in [-0.2, 0) is 4.74 Å². The molecule has 1 atom stereocenters. The highest BCUT2D eigenvalue weighted by atomic mass is 16.5. The summed E-state index contributed by atoms with van der Waals surface area (Å²) in [4.78, 5) is 8.92. The van der Waals surface area contributed by atoms with E-state index in [1.807, 2.05) is 20.0 Å². The summed E-state index contributed by atoms with van der Waals surface area (Å²) in [5.41, 5.74) is 1.15. The first-order chi connectivity index (χ1) is 7.24. The Morgan fingerprint density at radius 1 is 1.47 bits per heavy atom. The van der Waals surface area contributed by atoms with Crippen molar-refractivity contribution in [1.82, 2.24) is 9.97 Å². The van der Waals surface area contributed by atoms with Crippen molar-refractivity contribution in [1.29, 1.82) is 0 Å². The lowest BCUT2D eigenvalue weighted by Gasteiger charge is -2.11. The topological polar surface area (TPSA) is 47.0 Å². The summed E-state index contributed by atoms with van der Waals surface area (Å²) >= 11 is 0. The Hall–Kier alpha value is -1.16. The summed E-state index contributed by atoms with van der Waals surface area (Å²) in [6, 6.07) is 2.03. The highest BCUT2D eigenvalue weighted by Gasteiger charge is 2.26. The zero-order chi connectivity index (χ0) is 10.8. The third-order valence-electron chi connectivity index (χ3n) is 2.73. The van der Waals surface area contributed by atoms with Crippen molar-refractivity contribution >= 4 is 5.82 Å². The molecule has 1 aromatic heterocycles. The third-order valence-corrected chi connectivity index (χ3v) is 2.73. The van der Waals surface area contributed by atoms with Gasteiger partial charge in [0, 0.05) is 31.8 Å². The van der Waals surface area contributed by atoms with E-state index in [1.165, 1.54) is 12.8 Å². The summed E-state index contributed by atoms with van der Waals surface area (Å²) in [6.45, 7) is 1.96. The molecule has 1 aliphatic rings. The first kappa shape index (κ1) is 10.4. The fourth-order valence-electron chi connectivity index (χ4n) is 1.49. The minimum Gasteiger partial charge on any atom is -0.374 e. The molecule has 2 rings (SSSR count). The second-order valence-electron chi connectivity index (χ2n) is 3.94. The number of methoxy groups -OCH3 is 1. The van der Waals surface area contributed by atoms with E-state index in [0.29, 0.717) is 5.92 Å². The lowest BCUT2D eigenvalue weighted by atomic mass is 10.2. The molecule has 1 heterocycles. The first-order valence-corrected chi connectivity index (χ1v) is 5.34. The lowest BCUT2D eigenvalue weighted by Crippen LogP contribution is -2.07. The molecule has 1 aliphatic carbocycles. The largest absolute Gasteiger partial charge is 0.374 e. The molecule has 0 spiro atoms. The van der Waals surface area contributed by atoms with Crippen LogP contribution in [0.25, 0.3) is 0 Å². The summed E-state index contributed by atoms with van der Waals surface area (Å²) in [5.74, 6) is 2.29. The van der Waals surface area contributed by atoms with Crippen molar-refractivity contribution < 1.29 is 4.74 Å². The zero-order valence-electron chi connectivity index (χ0n) is 9.45. The van der Waals surface area contributed by atoms with E-state index >= 15 is 0 Å². The maximum atomic E-state index is 5.24. The van der Waals surface area contributed by atoms with Gasteiger partial charge in [0.25, 0.3) is 0 Å². The molecule has 0 aliphatic heterocycles. The van der Waals surface area contributed by atoms with Crippen molar-refractivity contribution in [3.8, 4) is 0 Å². The van der Waals surface area contributed by atoms with Gasteiger partial charge in [0.15, 0.2) is 5.82 Å². The van der Waals surface area contributed by atoms with E-state index in [9.17, 15) is 0 Å². The Balaban J connectivity index is 2.32. The fourth-order valence-corrected chi connectivity index (χ4v) is 1.49. The molecule has 1 aromatic rings. The molecule has 4 heteroatoms. The van der Waals surface area contributed by atoms with Gasteiger partial charge >= 0.3 is 0 Å². The van der Waals surface area contributed by atoms with Crippen molar-refractivity contribution in [3.05, 3.63) is 17.6 Å². The molecular formula is C11H17N3O. The van der Waals surface area contributed by atoms with E-state index in [2.05, 4.69) is 15.3 Å². The van der Waals surface area contributed by atoms with Crippen LogP contribution in [0.5, 0.6) is 0 Å². The zero-order valence-corrected chi connectivity index (χ0v) is 9.45. The van der Waals surface area contributed by atoms with Gasteiger partial charge in [-0.15, -0.1) is 0 Å². The number of anilines is 1. The summed E-state index contributed by atoms with van der Waals surface area (Å²) in [7, 11) is 3.55. The second-order valence-corrected chi connectivity index (χ2v) is 3.94. The standard InChI is InChI=1S/C11H17N3O/c1-7(15-3)11-13-9(8-4-5-8)6-10(12-2)14-11/h6-8H,4-5H2,1-3H3,(H,12,13,14). The van der Waals surface area contributed by atoms with Gasteiger partial charge in [-0.25, -0.2) is 9.97 Å². The number of hydrogen-bond donors (Lipinski definition) is 1. The summed E-state index contributed by atoms with van der Waals surface area (Å²) < 4.78 is 5.24. The van der Waals surface area contributed by atoms with Gasteiger partial charge in [-0.1, -0.05) is 0 Å². The molecule has 4 nitrogen and oxygen atoms in total. The second kappa shape index (κ2) is 4.14. The third kappa shape index (κ3) is 2.26. The smallest absolute Gasteiger partial charge is 0.159 e. The molecule has 1 N–H and O–H groups in total. The van der Waals surface area contributed by atoms with Gasteiger partial charge in [0.05, 0.1) is 0 Å². The molecule has 1 fully saturated rings. The number of hydrogen-bond acceptors (Lipinski definition) is 4. The number of aromatic nitrogens is 2. The maximum absolute atomic E-state index is 5.24. The summed E-state index contributed by atoms with van der Waals surface area (Å²) in [5, 5.41) is 3.06. The van der Waals surface area contributed by atoms with Gasteiger partial charge < -0.3 is 10.1 Å². The highest BCUT2D eigenvalue weighted by Crippen LogP contribution is 2.39. The minimum absolute atomic E-state index is 0.0456. The van der Waals surface area contributed by atoms with Gasteiger partial charge in [-0.2, -0.15) is 0 Å². The normalized spacial score (nSPS) is 17.5. The molecular weight excluding hydrogens is 190 g/mol. The molecule has 0 saturated heterocycles. The van der Waals surface area contributed by atoms with E-state index in [-0.39, 0.29) is 6.10 Å². The van der Waals surface area contributed by atoms with E-state index in [1.54, 1.807) is 7.11 Å². The van der Waals surface area contributed by atoms with Crippen LogP contribution in [0.1, 0.15) is 43.3 Å². The SMILES string of the molecule is CNc1cc(C2CC2)nc(C(C)OC)n1. The molecule has 0 bridgehead atoms. The molecule has 82 valence electrons. The van der Waals surface area contributed by atoms with Crippen molar-refractivity contribution in [3.63, 3.8) is 0 Å². The first-order valence-electron chi connectivity index (χ1n) is 5.34. The van der Waals surface area contributed by atoms with Crippen LogP contribution < -0.4 is 5.32 Å². The fraction of sp³-hybridized carbons (Fsp3) is 0.636. The summed E-state index contributed by atoms with van der Waals surface area (Å²) in [6.07, 6.45) is 2.46. The predicted molar refractivity (Wildman–Crippen MR) is 59.0 cm³/mol. The Labute approximate surface area is 90.1 Å². The average Bonchev–Trinajstić information content (AvgIpc) is 3.11. The van der Waals surface area contributed by atoms with E-state index in [4.69, 9.17) is 4.74 Å². The molecule has 0 aromatic carbocycles. The van der Waals surface area contributed by atoms with E-state index < -0.39 is 0 Å². The number of nitrogens with one attached hydrogen (secondary N) is 1. The number of ether oxygens (including phenoxy) is 1. The minimum atomic E-state index is -0.0456. The van der Waals surface area contributed by atoms with Crippen LogP contribution in [0.2, 0.25) is 0 Å². The van der Waals surface area contributed by atoms with Crippen molar-refractivity contribution in [2.75, 3.05) is 19.5 Å². The average molecular weight is 207 g/mol. The van der Waals surface area contributed by atoms with Crippen LogP contribution in [-0.4, -0.2) is 24.1 Å². The van der Waals surface area contributed by atoms with Gasteiger partial charge in [0.1, 0.15) is 11.9 Å². The maximum Gasteiger partial charge on any atom is 0.159 e. The van der Waals surface area contributed by atoms with Crippen LogP contribution in [0.15, 0.2) is 6.07 Å². The Bertz CT molecular complexity index is 350. The predicted octanol–water partition coefficient (Wildman–Crippen LogP) is 2.10. The molecule has 15 heavy (non-hydrogen) atoms. The highest BCUT2D eigenvalue weighted by molar-refractivity contribution is 5.37. The molecule has 0 amide bonds. The molecule has 1 saturated carbocycles. The van der Waals surface area contributed by atoms with Crippen molar-refractivity contribution in [2.24, 2.45) is 0 Å². The Kier molecular flexibility index (Phi) is 2.86. The Morgan fingerprint density at radius 3 is 2.73 bits per heavy atom. The Morgan fingerprint density at radius 2 is 2.20 bits per heavy atom.